The molecule has 0 radical (unpaired) electrons. The number of hydrogen-bond acceptors (Lipinski definition) is 2. The van der Waals surface area contributed by atoms with Crippen LogP contribution in [0.1, 0.15) is 43.4 Å². The zero-order valence-corrected chi connectivity index (χ0v) is 12.2. The number of nitrogens with one attached hydrogen (secondary N) is 1. The average molecular weight is 258 g/mol. The second kappa shape index (κ2) is 5.64. The fourth-order valence-electron chi connectivity index (χ4n) is 3.75. The van der Waals surface area contributed by atoms with Gasteiger partial charge in [0.2, 0.25) is 0 Å². The van der Waals surface area contributed by atoms with Crippen molar-refractivity contribution >= 4 is 0 Å². The van der Waals surface area contributed by atoms with E-state index in [1.165, 1.54) is 25.8 Å². The molecular formula is C17H26N2. The molecule has 1 N–H and O–H groups in total. The Morgan fingerprint density at radius 2 is 2.00 bits per heavy atom. The van der Waals surface area contributed by atoms with Crippen molar-refractivity contribution in [3.8, 4) is 0 Å². The van der Waals surface area contributed by atoms with Gasteiger partial charge in [0, 0.05) is 12.1 Å². The third-order valence-corrected chi connectivity index (χ3v) is 4.80. The minimum Gasteiger partial charge on any atom is -0.319 e. The SMILES string of the molecule is CCc1ccccc1C1C(CNC)CCN1C1CC1. The first-order valence-corrected chi connectivity index (χ1v) is 7.83. The van der Waals surface area contributed by atoms with Crippen molar-refractivity contribution in [1.82, 2.24) is 10.2 Å². The lowest BCUT2D eigenvalue weighted by Gasteiger charge is -2.30. The molecular weight excluding hydrogens is 232 g/mol. The third kappa shape index (κ3) is 2.56. The van der Waals surface area contributed by atoms with Crippen molar-refractivity contribution in [2.24, 2.45) is 5.92 Å². The Labute approximate surface area is 117 Å². The highest BCUT2D eigenvalue weighted by Crippen LogP contribution is 2.44. The number of rotatable bonds is 5. The molecule has 1 aliphatic carbocycles. The topological polar surface area (TPSA) is 15.3 Å². The molecule has 0 amide bonds. The number of likely N-dealkylation sites (tertiary alicyclic amines) is 1. The van der Waals surface area contributed by atoms with Crippen LogP contribution in [0.3, 0.4) is 0 Å². The Kier molecular flexibility index (Phi) is 3.90. The molecule has 1 saturated heterocycles. The predicted octanol–water partition coefficient (Wildman–Crippen LogP) is 2.99. The fraction of sp³-hybridized carbons (Fsp3) is 0.647. The first kappa shape index (κ1) is 13.1. The zero-order chi connectivity index (χ0) is 13.2. The van der Waals surface area contributed by atoms with Gasteiger partial charge in [0.15, 0.2) is 0 Å². The van der Waals surface area contributed by atoms with Crippen LogP contribution in [0.2, 0.25) is 0 Å². The maximum atomic E-state index is 3.40. The molecule has 1 aromatic rings. The van der Waals surface area contributed by atoms with Gasteiger partial charge < -0.3 is 5.32 Å². The summed E-state index contributed by atoms with van der Waals surface area (Å²) in [5, 5.41) is 3.40. The summed E-state index contributed by atoms with van der Waals surface area (Å²) in [6.07, 6.45) is 5.33. The normalized spacial score (nSPS) is 27.9. The monoisotopic (exact) mass is 258 g/mol. The van der Waals surface area contributed by atoms with E-state index in [2.05, 4.69) is 48.5 Å². The first-order chi connectivity index (χ1) is 9.35. The minimum absolute atomic E-state index is 0.649. The lowest BCUT2D eigenvalue weighted by Crippen LogP contribution is -2.31. The van der Waals surface area contributed by atoms with Crippen LogP contribution in [0, 0.1) is 5.92 Å². The van der Waals surface area contributed by atoms with Gasteiger partial charge in [0.05, 0.1) is 0 Å². The molecule has 104 valence electrons. The summed E-state index contributed by atoms with van der Waals surface area (Å²) in [5.41, 5.74) is 3.14. The predicted molar refractivity (Wildman–Crippen MR) is 80.3 cm³/mol. The highest BCUT2D eigenvalue weighted by Gasteiger charge is 2.42. The summed E-state index contributed by atoms with van der Waals surface area (Å²) in [6, 6.07) is 10.6. The lowest BCUT2D eigenvalue weighted by atomic mass is 9.89. The summed E-state index contributed by atoms with van der Waals surface area (Å²) in [4.78, 5) is 2.79. The van der Waals surface area contributed by atoms with Gasteiger partial charge in [0.1, 0.15) is 0 Å². The van der Waals surface area contributed by atoms with Gasteiger partial charge in [-0.1, -0.05) is 31.2 Å². The van der Waals surface area contributed by atoms with E-state index in [-0.39, 0.29) is 0 Å². The van der Waals surface area contributed by atoms with E-state index in [0.717, 1.165) is 24.9 Å². The summed E-state index contributed by atoms with van der Waals surface area (Å²) in [6.45, 7) is 4.72. The van der Waals surface area contributed by atoms with Crippen LogP contribution >= 0.6 is 0 Å². The number of aryl methyl sites for hydroxylation is 1. The Balaban J connectivity index is 1.91. The molecule has 2 unspecified atom stereocenters. The van der Waals surface area contributed by atoms with Gasteiger partial charge in [0.25, 0.3) is 0 Å². The van der Waals surface area contributed by atoms with Crippen molar-refractivity contribution in [2.75, 3.05) is 20.1 Å². The minimum atomic E-state index is 0.649. The van der Waals surface area contributed by atoms with Gasteiger partial charge in [-0.25, -0.2) is 0 Å². The van der Waals surface area contributed by atoms with Gasteiger partial charge >= 0.3 is 0 Å². The standard InChI is InChI=1S/C17H26N2/c1-3-13-6-4-5-7-16(13)17-14(12-18-2)10-11-19(17)15-8-9-15/h4-7,14-15,17-18H,3,8-12H2,1-2H3. The summed E-state index contributed by atoms with van der Waals surface area (Å²) < 4.78 is 0. The molecule has 3 rings (SSSR count). The molecule has 1 aromatic carbocycles. The molecule has 2 heteroatoms. The van der Waals surface area contributed by atoms with E-state index >= 15 is 0 Å². The average Bonchev–Trinajstić information content (AvgIpc) is 3.21. The molecule has 2 fully saturated rings. The molecule has 2 nitrogen and oxygen atoms in total. The van der Waals surface area contributed by atoms with Crippen molar-refractivity contribution in [1.29, 1.82) is 0 Å². The molecule has 1 aliphatic heterocycles. The highest BCUT2D eigenvalue weighted by molar-refractivity contribution is 5.32. The molecule has 0 spiro atoms. The Hall–Kier alpha value is -0.860. The highest BCUT2D eigenvalue weighted by atomic mass is 15.2. The van der Waals surface area contributed by atoms with Crippen LogP contribution in [0.15, 0.2) is 24.3 Å². The van der Waals surface area contributed by atoms with Crippen molar-refractivity contribution in [2.45, 2.75) is 44.7 Å². The molecule has 19 heavy (non-hydrogen) atoms. The Bertz CT molecular complexity index is 425. The van der Waals surface area contributed by atoms with E-state index in [4.69, 9.17) is 0 Å². The van der Waals surface area contributed by atoms with Crippen LogP contribution < -0.4 is 5.32 Å². The number of nitrogens with zero attached hydrogens (tertiary/aromatic N) is 1. The smallest absolute Gasteiger partial charge is 0.0394 e. The first-order valence-electron chi connectivity index (χ1n) is 7.83. The molecule has 0 bridgehead atoms. The fourth-order valence-corrected chi connectivity index (χ4v) is 3.75. The molecule has 0 aromatic heterocycles. The van der Waals surface area contributed by atoms with Crippen LogP contribution in [0.25, 0.3) is 0 Å². The molecule has 2 atom stereocenters. The van der Waals surface area contributed by atoms with Crippen molar-refractivity contribution < 1.29 is 0 Å². The van der Waals surface area contributed by atoms with E-state index in [9.17, 15) is 0 Å². The van der Waals surface area contributed by atoms with Crippen LogP contribution in [0.4, 0.5) is 0 Å². The second-order valence-corrected chi connectivity index (χ2v) is 6.07. The number of hydrogen-bond donors (Lipinski definition) is 1. The van der Waals surface area contributed by atoms with E-state index in [0.29, 0.717) is 6.04 Å². The van der Waals surface area contributed by atoms with Gasteiger partial charge in [-0.05, 0) is 62.9 Å². The van der Waals surface area contributed by atoms with Gasteiger partial charge in [-0.2, -0.15) is 0 Å². The van der Waals surface area contributed by atoms with E-state index in [1.807, 2.05) is 0 Å². The van der Waals surface area contributed by atoms with E-state index < -0.39 is 0 Å². The van der Waals surface area contributed by atoms with Crippen LogP contribution in [-0.4, -0.2) is 31.1 Å². The quantitative estimate of drug-likeness (QED) is 0.873. The summed E-state index contributed by atoms with van der Waals surface area (Å²) in [5.74, 6) is 0.776. The van der Waals surface area contributed by atoms with Crippen LogP contribution in [-0.2, 0) is 6.42 Å². The van der Waals surface area contributed by atoms with E-state index in [1.54, 1.807) is 11.1 Å². The molecule has 1 saturated carbocycles. The Morgan fingerprint density at radius 1 is 1.21 bits per heavy atom. The zero-order valence-electron chi connectivity index (χ0n) is 12.2. The number of benzene rings is 1. The molecule has 1 heterocycles. The maximum Gasteiger partial charge on any atom is 0.0394 e. The van der Waals surface area contributed by atoms with Gasteiger partial charge in [-0.3, -0.25) is 4.90 Å². The van der Waals surface area contributed by atoms with Crippen LogP contribution in [0.5, 0.6) is 0 Å². The van der Waals surface area contributed by atoms with Crippen molar-refractivity contribution in [3.63, 3.8) is 0 Å². The largest absolute Gasteiger partial charge is 0.319 e. The lowest BCUT2D eigenvalue weighted by molar-refractivity contribution is 0.216. The Morgan fingerprint density at radius 3 is 2.68 bits per heavy atom. The second-order valence-electron chi connectivity index (χ2n) is 6.07. The summed E-state index contributed by atoms with van der Waals surface area (Å²) in [7, 11) is 2.09. The summed E-state index contributed by atoms with van der Waals surface area (Å²) >= 11 is 0. The van der Waals surface area contributed by atoms with Crippen molar-refractivity contribution in [3.05, 3.63) is 35.4 Å². The molecule has 2 aliphatic rings. The maximum absolute atomic E-state index is 3.40. The van der Waals surface area contributed by atoms with Gasteiger partial charge in [-0.15, -0.1) is 0 Å². The third-order valence-electron chi connectivity index (χ3n) is 4.80.